The first-order valence-corrected chi connectivity index (χ1v) is 14.3. The van der Waals surface area contributed by atoms with E-state index < -0.39 is 27.2 Å². The predicted molar refractivity (Wildman–Crippen MR) is 152 cm³/mol. The van der Waals surface area contributed by atoms with E-state index in [1.54, 1.807) is 36.4 Å². The number of amides is 1. The van der Waals surface area contributed by atoms with Gasteiger partial charge in [0.2, 0.25) is 0 Å². The predicted octanol–water partition coefficient (Wildman–Crippen LogP) is 6.63. The normalized spacial score (nSPS) is 12.0. The number of rotatable bonds is 8. The number of anilines is 4. The van der Waals surface area contributed by atoms with Gasteiger partial charge in [0, 0.05) is 15.7 Å². The monoisotopic (exact) mass is 589 g/mol. The van der Waals surface area contributed by atoms with E-state index in [1.165, 1.54) is 46.8 Å². The fourth-order valence-electron chi connectivity index (χ4n) is 3.50. The lowest BCUT2D eigenvalue weighted by molar-refractivity contribution is 0.102. The molecule has 4 rings (SSSR count). The Balaban J connectivity index is 1.56. The van der Waals surface area contributed by atoms with Gasteiger partial charge in [0.05, 0.1) is 27.5 Å². The Labute approximate surface area is 232 Å². The number of nitrogens with zero attached hydrogens (tertiary/aromatic N) is 1. The largest absolute Gasteiger partial charge is 0.322 e. The molecule has 4 aromatic carbocycles. The van der Waals surface area contributed by atoms with Gasteiger partial charge in [-0.3, -0.25) is 14.1 Å². The van der Waals surface area contributed by atoms with Crippen molar-refractivity contribution in [2.75, 3.05) is 14.3 Å². The number of benzene rings is 4. The van der Waals surface area contributed by atoms with Gasteiger partial charge in [-0.15, -0.1) is 0 Å². The molecule has 0 radical (unpaired) electrons. The summed E-state index contributed by atoms with van der Waals surface area (Å²) in [5, 5.41) is 3.31. The molecule has 1 atom stereocenters. The molecule has 0 saturated heterocycles. The van der Waals surface area contributed by atoms with Crippen molar-refractivity contribution in [1.82, 2.24) is 0 Å². The standard InChI is InChI=1S/C26H21Cl2N3O5S2/c1-17-2-9-21(10-3-17)31(37(33)34)22-11-7-20(8-12-22)29-26(32)24-16-19(28)6-15-25(24)30-38(35,36)23-13-4-18(27)5-14-23/h2-16,30H,1H3,(H,29,32)(H,33,34). The van der Waals surface area contributed by atoms with Gasteiger partial charge in [0.25, 0.3) is 27.2 Å². The van der Waals surface area contributed by atoms with Crippen LogP contribution in [-0.4, -0.2) is 23.1 Å². The Hall–Kier alpha value is -3.41. The molecule has 1 unspecified atom stereocenters. The van der Waals surface area contributed by atoms with E-state index in [2.05, 4.69) is 10.0 Å². The first-order valence-electron chi connectivity index (χ1n) is 11.0. The van der Waals surface area contributed by atoms with E-state index in [-0.39, 0.29) is 21.2 Å². The molecule has 0 heterocycles. The van der Waals surface area contributed by atoms with Crippen LogP contribution in [0, 0.1) is 6.92 Å². The molecule has 3 N–H and O–H groups in total. The minimum absolute atomic E-state index is 0.00291. The third-order valence-electron chi connectivity index (χ3n) is 5.38. The van der Waals surface area contributed by atoms with E-state index in [4.69, 9.17) is 23.2 Å². The van der Waals surface area contributed by atoms with E-state index in [0.29, 0.717) is 22.1 Å². The molecule has 0 fully saturated rings. The van der Waals surface area contributed by atoms with Gasteiger partial charge in [-0.2, -0.15) is 0 Å². The number of carbonyl (C=O) groups is 1. The van der Waals surface area contributed by atoms with E-state index >= 15 is 0 Å². The second kappa shape index (κ2) is 11.5. The highest BCUT2D eigenvalue weighted by Crippen LogP contribution is 2.29. The van der Waals surface area contributed by atoms with E-state index in [0.717, 1.165) is 5.56 Å². The third kappa shape index (κ3) is 6.53. The van der Waals surface area contributed by atoms with Gasteiger partial charge >= 0.3 is 0 Å². The van der Waals surface area contributed by atoms with Crippen molar-refractivity contribution in [2.45, 2.75) is 11.8 Å². The molecule has 196 valence electrons. The summed E-state index contributed by atoms with van der Waals surface area (Å²) in [4.78, 5) is 13.1. The number of aryl methyl sites for hydroxylation is 1. The van der Waals surface area contributed by atoms with Crippen molar-refractivity contribution < 1.29 is 22.0 Å². The van der Waals surface area contributed by atoms with Gasteiger partial charge in [0.1, 0.15) is 0 Å². The number of sulfonamides is 1. The number of hydrogen-bond acceptors (Lipinski definition) is 4. The summed E-state index contributed by atoms with van der Waals surface area (Å²) in [6.07, 6.45) is 0. The highest BCUT2D eigenvalue weighted by molar-refractivity contribution is 7.92. The lowest BCUT2D eigenvalue weighted by Gasteiger charge is -2.20. The molecule has 0 aliphatic heterocycles. The second-order valence-electron chi connectivity index (χ2n) is 8.11. The highest BCUT2D eigenvalue weighted by Gasteiger charge is 2.20. The molecule has 0 aromatic heterocycles. The Morgan fingerprint density at radius 2 is 1.39 bits per heavy atom. The quantitative estimate of drug-likeness (QED) is 0.199. The van der Waals surface area contributed by atoms with Gasteiger partial charge < -0.3 is 5.32 Å². The first-order chi connectivity index (χ1) is 18.0. The van der Waals surface area contributed by atoms with E-state index in [1.807, 2.05) is 19.1 Å². The number of halogens is 2. The molecule has 1 amide bonds. The molecule has 0 spiro atoms. The van der Waals surface area contributed by atoms with Crippen molar-refractivity contribution in [2.24, 2.45) is 0 Å². The maximum absolute atomic E-state index is 13.1. The summed E-state index contributed by atoms with van der Waals surface area (Å²) in [6.45, 7) is 1.91. The average Bonchev–Trinajstić information content (AvgIpc) is 2.87. The fraction of sp³-hybridized carbons (Fsp3) is 0.0385. The maximum Gasteiger partial charge on any atom is 0.266 e. The Morgan fingerprint density at radius 3 is 1.97 bits per heavy atom. The molecule has 0 bridgehead atoms. The molecule has 0 aliphatic rings. The van der Waals surface area contributed by atoms with Gasteiger partial charge in [-0.1, -0.05) is 40.9 Å². The lowest BCUT2D eigenvalue weighted by Crippen LogP contribution is -2.20. The summed E-state index contributed by atoms with van der Waals surface area (Å²) in [7, 11) is -4.01. The van der Waals surface area contributed by atoms with Crippen LogP contribution in [0.4, 0.5) is 22.7 Å². The zero-order valence-corrected chi connectivity index (χ0v) is 22.9. The van der Waals surface area contributed by atoms with Crippen LogP contribution in [0.15, 0.2) is 95.9 Å². The fourth-order valence-corrected chi connectivity index (χ4v) is 5.48. The molecule has 0 saturated carbocycles. The molecule has 8 nitrogen and oxygen atoms in total. The molecule has 38 heavy (non-hydrogen) atoms. The summed E-state index contributed by atoms with van der Waals surface area (Å²) < 4.78 is 51.2. The third-order valence-corrected chi connectivity index (χ3v) is 7.98. The molecule has 12 heteroatoms. The number of carbonyl (C=O) groups excluding carboxylic acids is 1. The minimum atomic E-state index is -4.01. The zero-order chi connectivity index (χ0) is 27.4. The van der Waals surface area contributed by atoms with Crippen LogP contribution in [0.25, 0.3) is 0 Å². The minimum Gasteiger partial charge on any atom is -0.322 e. The smallest absolute Gasteiger partial charge is 0.266 e. The van der Waals surface area contributed by atoms with Crippen molar-refractivity contribution in [1.29, 1.82) is 0 Å². The SMILES string of the molecule is Cc1ccc(N(c2ccc(NC(=O)c3cc(Cl)ccc3NS(=O)(=O)c3ccc(Cl)cc3)cc2)S(=O)O)cc1. The molecule has 4 aromatic rings. The Kier molecular flexibility index (Phi) is 8.39. The number of hydrogen-bond donors (Lipinski definition) is 3. The van der Waals surface area contributed by atoms with Crippen molar-refractivity contribution in [3.8, 4) is 0 Å². The van der Waals surface area contributed by atoms with Crippen LogP contribution in [0.1, 0.15) is 15.9 Å². The van der Waals surface area contributed by atoms with Crippen LogP contribution < -0.4 is 14.3 Å². The molecule has 0 aliphatic carbocycles. The van der Waals surface area contributed by atoms with Crippen LogP contribution in [-0.2, 0) is 21.3 Å². The maximum atomic E-state index is 13.1. The Bertz CT molecular complexity index is 1600. The van der Waals surface area contributed by atoms with Crippen LogP contribution >= 0.6 is 23.2 Å². The first kappa shape index (κ1) is 27.6. The summed E-state index contributed by atoms with van der Waals surface area (Å²) in [5.74, 6) is -0.616. The van der Waals surface area contributed by atoms with Crippen LogP contribution in [0.2, 0.25) is 10.0 Å². The van der Waals surface area contributed by atoms with Gasteiger partial charge in [-0.25, -0.2) is 16.9 Å². The van der Waals surface area contributed by atoms with Gasteiger partial charge in [-0.05, 0) is 85.8 Å². The summed E-state index contributed by atoms with van der Waals surface area (Å²) in [6, 6.07) is 23.2. The topological polar surface area (TPSA) is 116 Å². The molecular formula is C26H21Cl2N3O5S2. The summed E-state index contributed by atoms with van der Waals surface area (Å²) >= 11 is 9.61. The molecular weight excluding hydrogens is 569 g/mol. The van der Waals surface area contributed by atoms with Gasteiger partial charge in [0.15, 0.2) is 0 Å². The van der Waals surface area contributed by atoms with Crippen molar-refractivity contribution in [3.63, 3.8) is 0 Å². The summed E-state index contributed by atoms with van der Waals surface area (Å²) in [5.41, 5.74) is 2.34. The van der Waals surface area contributed by atoms with Crippen molar-refractivity contribution >= 4 is 73.1 Å². The van der Waals surface area contributed by atoms with Crippen LogP contribution in [0.5, 0.6) is 0 Å². The van der Waals surface area contributed by atoms with E-state index in [9.17, 15) is 22.0 Å². The average molecular weight is 591 g/mol. The van der Waals surface area contributed by atoms with Crippen molar-refractivity contribution in [3.05, 3.63) is 112 Å². The second-order valence-corrected chi connectivity index (χ2v) is 11.5. The Morgan fingerprint density at radius 1 is 0.842 bits per heavy atom. The highest BCUT2D eigenvalue weighted by atomic mass is 35.5. The van der Waals surface area contributed by atoms with Crippen LogP contribution in [0.3, 0.4) is 0 Å². The number of nitrogens with one attached hydrogen (secondary N) is 2. The zero-order valence-electron chi connectivity index (χ0n) is 19.8. The lowest BCUT2D eigenvalue weighted by atomic mass is 10.1.